The van der Waals surface area contributed by atoms with Crippen LogP contribution >= 0.6 is 0 Å². The first-order valence-electron chi connectivity index (χ1n) is 6.33. The van der Waals surface area contributed by atoms with E-state index in [4.69, 9.17) is 11.0 Å². The van der Waals surface area contributed by atoms with Gasteiger partial charge in [0.25, 0.3) is 0 Å². The number of rotatable bonds is 6. The average molecular weight is 296 g/mol. The predicted molar refractivity (Wildman–Crippen MR) is 79.8 cm³/mol. The van der Waals surface area contributed by atoms with Gasteiger partial charge in [0.15, 0.2) is 0 Å². The first-order chi connectivity index (χ1) is 9.35. The van der Waals surface area contributed by atoms with Gasteiger partial charge in [0.2, 0.25) is 10.0 Å². The molecule has 0 aliphatic carbocycles. The molecule has 0 heterocycles. The minimum atomic E-state index is -3.51. The highest BCUT2D eigenvalue weighted by atomic mass is 32.2. The fraction of sp³-hybridized carbons (Fsp3) is 0.462. The molecule has 0 aliphatic rings. The molecule has 0 radical (unpaired) electrons. The third kappa shape index (κ3) is 3.62. The summed E-state index contributed by atoms with van der Waals surface area (Å²) in [6, 6.07) is 6.73. The third-order valence-electron chi connectivity index (χ3n) is 3.02. The van der Waals surface area contributed by atoms with Gasteiger partial charge in [-0.1, -0.05) is 0 Å². The molecule has 0 bridgehead atoms. The van der Waals surface area contributed by atoms with Crippen molar-refractivity contribution in [2.75, 3.05) is 30.8 Å². The van der Waals surface area contributed by atoms with E-state index in [1.165, 1.54) is 19.2 Å². The van der Waals surface area contributed by atoms with Crippen molar-refractivity contribution in [2.45, 2.75) is 18.7 Å². The van der Waals surface area contributed by atoms with Crippen LogP contribution in [0.2, 0.25) is 0 Å². The molecule has 6 nitrogen and oxygen atoms in total. The van der Waals surface area contributed by atoms with Crippen molar-refractivity contribution in [3.8, 4) is 6.07 Å². The van der Waals surface area contributed by atoms with Crippen LogP contribution in [0.25, 0.3) is 0 Å². The van der Waals surface area contributed by atoms with Crippen molar-refractivity contribution in [1.29, 1.82) is 5.26 Å². The lowest BCUT2D eigenvalue weighted by Crippen LogP contribution is -2.29. The molecule has 0 saturated carbocycles. The van der Waals surface area contributed by atoms with Crippen molar-refractivity contribution < 1.29 is 8.42 Å². The highest BCUT2D eigenvalue weighted by Crippen LogP contribution is 2.27. The minimum Gasteiger partial charge on any atom is -0.397 e. The Morgan fingerprint density at radius 1 is 1.50 bits per heavy atom. The number of hydrogen-bond acceptors (Lipinski definition) is 5. The van der Waals surface area contributed by atoms with Crippen LogP contribution in [-0.2, 0) is 10.0 Å². The van der Waals surface area contributed by atoms with Gasteiger partial charge in [0.1, 0.15) is 0 Å². The second-order valence-electron chi connectivity index (χ2n) is 4.50. The third-order valence-corrected chi connectivity index (χ3v) is 4.43. The number of hydrogen-bond donors (Lipinski definition) is 2. The lowest BCUT2D eigenvalue weighted by molar-refractivity contribution is 0.588. The Labute approximate surface area is 120 Å². The maximum Gasteiger partial charge on any atom is 0.240 e. The standard InChI is InChI=1S/C13H20N4O2S/c1-4-17(9-10(2)8-14)13-7-11(5-6-12(13)15)20(18,19)16-3/h5-7,10,16H,4,9,15H2,1-3H3. The molecule has 1 unspecified atom stereocenters. The van der Waals surface area contributed by atoms with E-state index in [0.717, 1.165) is 0 Å². The van der Waals surface area contributed by atoms with Gasteiger partial charge in [-0.2, -0.15) is 5.26 Å². The van der Waals surface area contributed by atoms with Gasteiger partial charge in [0.05, 0.1) is 28.3 Å². The second-order valence-corrected chi connectivity index (χ2v) is 6.38. The van der Waals surface area contributed by atoms with Crippen LogP contribution in [0.4, 0.5) is 11.4 Å². The fourth-order valence-corrected chi connectivity index (χ4v) is 2.60. The van der Waals surface area contributed by atoms with Crippen molar-refractivity contribution in [3.05, 3.63) is 18.2 Å². The van der Waals surface area contributed by atoms with Crippen LogP contribution < -0.4 is 15.4 Å². The molecule has 110 valence electrons. The van der Waals surface area contributed by atoms with E-state index >= 15 is 0 Å². The largest absolute Gasteiger partial charge is 0.397 e. The Bertz CT molecular complexity index is 607. The molecular formula is C13H20N4O2S. The number of benzene rings is 1. The predicted octanol–water partition coefficient (Wildman–Crippen LogP) is 1.16. The first-order valence-corrected chi connectivity index (χ1v) is 7.81. The lowest BCUT2D eigenvalue weighted by atomic mass is 10.1. The molecule has 1 aromatic rings. The Hall–Kier alpha value is -1.78. The van der Waals surface area contributed by atoms with E-state index in [-0.39, 0.29) is 10.8 Å². The van der Waals surface area contributed by atoms with Crippen LogP contribution in [0.1, 0.15) is 13.8 Å². The van der Waals surface area contributed by atoms with Crippen LogP contribution in [0.5, 0.6) is 0 Å². The van der Waals surface area contributed by atoms with Crippen molar-refractivity contribution >= 4 is 21.4 Å². The van der Waals surface area contributed by atoms with Gasteiger partial charge in [-0.25, -0.2) is 13.1 Å². The summed E-state index contributed by atoms with van der Waals surface area (Å²) in [4.78, 5) is 2.06. The van der Waals surface area contributed by atoms with Crippen LogP contribution in [0.15, 0.2) is 23.1 Å². The summed E-state index contributed by atoms with van der Waals surface area (Å²) in [6.45, 7) is 4.88. The second kappa shape index (κ2) is 6.59. The quantitative estimate of drug-likeness (QED) is 0.767. The van der Waals surface area contributed by atoms with E-state index in [9.17, 15) is 8.42 Å². The van der Waals surface area contributed by atoms with Crippen LogP contribution in [0.3, 0.4) is 0 Å². The fourth-order valence-electron chi connectivity index (χ4n) is 1.85. The van der Waals surface area contributed by atoms with E-state index in [0.29, 0.717) is 24.5 Å². The average Bonchev–Trinajstić information content (AvgIpc) is 2.45. The van der Waals surface area contributed by atoms with E-state index in [1.54, 1.807) is 6.07 Å². The Morgan fingerprint density at radius 2 is 2.15 bits per heavy atom. The molecule has 20 heavy (non-hydrogen) atoms. The molecule has 1 atom stereocenters. The minimum absolute atomic E-state index is 0.160. The number of anilines is 2. The SMILES string of the molecule is CCN(CC(C)C#N)c1cc(S(=O)(=O)NC)ccc1N. The maximum atomic E-state index is 11.8. The van der Waals surface area contributed by atoms with Crippen LogP contribution in [0, 0.1) is 17.2 Å². The smallest absolute Gasteiger partial charge is 0.240 e. The molecular weight excluding hydrogens is 276 g/mol. The lowest BCUT2D eigenvalue weighted by Gasteiger charge is -2.26. The normalized spacial score (nSPS) is 12.7. The zero-order chi connectivity index (χ0) is 15.3. The summed E-state index contributed by atoms with van der Waals surface area (Å²) in [5.74, 6) is -0.168. The molecule has 7 heteroatoms. The molecule has 0 spiro atoms. The summed E-state index contributed by atoms with van der Waals surface area (Å²) in [7, 11) is -2.15. The Balaban J connectivity index is 3.23. The molecule has 0 aliphatic heterocycles. The molecule has 0 amide bonds. The first kappa shape index (κ1) is 16.3. The summed E-state index contributed by atoms with van der Waals surface area (Å²) >= 11 is 0. The number of nitriles is 1. The van der Waals surface area contributed by atoms with Gasteiger partial charge < -0.3 is 10.6 Å². The molecule has 0 aromatic heterocycles. The number of nitrogens with one attached hydrogen (secondary N) is 1. The van der Waals surface area contributed by atoms with Crippen molar-refractivity contribution in [3.63, 3.8) is 0 Å². The van der Waals surface area contributed by atoms with E-state index in [2.05, 4.69) is 10.8 Å². The molecule has 0 saturated heterocycles. The van der Waals surface area contributed by atoms with E-state index in [1.807, 2.05) is 18.7 Å². The zero-order valence-electron chi connectivity index (χ0n) is 11.9. The number of nitrogen functional groups attached to an aromatic ring is 1. The van der Waals surface area contributed by atoms with Gasteiger partial charge in [0, 0.05) is 13.1 Å². The molecule has 3 N–H and O–H groups in total. The Kier molecular flexibility index (Phi) is 5.36. The number of nitrogens with zero attached hydrogens (tertiary/aromatic N) is 2. The Morgan fingerprint density at radius 3 is 2.65 bits per heavy atom. The van der Waals surface area contributed by atoms with Gasteiger partial charge in [-0.15, -0.1) is 0 Å². The topological polar surface area (TPSA) is 99.2 Å². The van der Waals surface area contributed by atoms with Gasteiger partial charge in [-0.05, 0) is 39.1 Å². The molecule has 1 rings (SSSR count). The van der Waals surface area contributed by atoms with Crippen molar-refractivity contribution in [2.24, 2.45) is 5.92 Å². The monoisotopic (exact) mass is 296 g/mol. The van der Waals surface area contributed by atoms with Crippen molar-refractivity contribution in [1.82, 2.24) is 4.72 Å². The highest BCUT2D eigenvalue weighted by Gasteiger charge is 2.17. The van der Waals surface area contributed by atoms with Gasteiger partial charge in [-0.3, -0.25) is 0 Å². The summed E-state index contributed by atoms with van der Waals surface area (Å²) < 4.78 is 25.9. The number of sulfonamides is 1. The van der Waals surface area contributed by atoms with E-state index < -0.39 is 10.0 Å². The zero-order valence-corrected chi connectivity index (χ0v) is 12.7. The highest BCUT2D eigenvalue weighted by molar-refractivity contribution is 7.89. The number of nitrogens with two attached hydrogens (primary N) is 1. The van der Waals surface area contributed by atoms with Crippen LogP contribution in [-0.4, -0.2) is 28.6 Å². The summed E-state index contributed by atoms with van der Waals surface area (Å²) in [5.41, 5.74) is 7.05. The molecule has 0 fully saturated rings. The maximum absolute atomic E-state index is 11.8. The summed E-state index contributed by atoms with van der Waals surface area (Å²) in [5, 5.41) is 8.90. The van der Waals surface area contributed by atoms with Gasteiger partial charge >= 0.3 is 0 Å². The summed E-state index contributed by atoms with van der Waals surface area (Å²) in [6.07, 6.45) is 0. The molecule has 1 aromatic carbocycles.